The first-order chi connectivity index (χ1) is 10.9. The molecule has 0 aromatic heterocycles. The van der Waals surface area contributed by atoms with Gasteiger partial charge in [-0.05, 0) is 49.4 Å². The van der Waals surface area contributed by atoms with E-state index in [-0.39, 0.29) is 0 Å². The standard InChI is InChI=1S/C18H28N2O2/c1-21-15-7-5-14(6-8-15)9-10-19-17-4-2-3-16(17)18-13-22-12-11-20-18/h5-8,16-20H,2-4,9-13H2,1H3. The summed E-state index contributed by atoms with van der Waals surface area (Å²) in [7, 11) is 1.71. The van der Waals surface area contributed by atoms with Crippen molar-refractivity contribution in [2.24, 2.45) is 5.92 Å². The van der Waals surface area contributed by atoms with Crippen molar-refractivity contribution in [1.29, 1.82) is 0 Å². The number of nitrogens with one attached hydrogen (secondary N) is 2. The average molecular weight is 304 g/mol. The zero-order chi connectivity index (χ0) is 15.2. The summed E-state index contributed by atoms with van der Waals surface area (Å²) in [6.45, 7) is 3.78. The van der Waals surface area contributed by atoms with E-state index in [2.05, 4.69) is 22.8 Å². The Bertz CT molecular complexity index is 443. The molecule has 1 aromatic carbocycles. The van der Waals surface area contributed by atoms with E-state index in [9.17, 15) is 0 Å². The van der Waals surface area contributed by atoms with Crippen LogP contribution in [-0.4, -0.2) is 45.5 Å². The number of benzene rings is 1. The van der Waals surface area contributed by atoms with Crippen molar-refractivity contribution in [1.82, 2.24) is 10.6 Å². The lowest BCUT2D eigenvalue weighted by atomic mass is 9.94. The van der Waals surface area contributed by atoms with Crippen molar-refractivity contribution in [3.8, 4) is 5.75 Å². The third-order valence-electron chi connectivity index (χ3n) is 5.02. The second-order valence-electron chi connectivity index (χ2n) is 6.39. The Kier molecular flexibility index (Phi) is 5.70. The first kappa shape index (κ1) is 15.8. The number of rotatable bonds is 6. The van der Waals surface area contributed by atoms with E-state index in [0.29, 0.717) is 12.1 Å². The molecular formula is C18H28N2O2. The summed E-state index contributed by atoms with van der Waals surface area (Å²) in [6, 6.07) is 9.56. The maximum Gasteiger partial charge on any atom is 0.118 e. The van der Waals surface area contributed by atoms with Gasteiger partial charge in [0.1, 0.15) is 5.75 Å². The van der Waals surface area contributed by atoms with E-state index in [1.165, 1.54) is 24.8 Å². The lowest BCUT2D eigenvalue weighted by molar-refractivity contribution is 0.0526. The third-order valence-corrected chi connectivity index (χ3v) is 5.02. The van der Waals surface area contributed by atoms with Gasteiger partial charge in [0.05, 0.1) is 20.3 Å². The van der Waals surface area contributed by atoms with Gasteiger partial charge in [-0.25, -0.2) is 0 Å². The van der Waals surface area contributed by atoms with Crippen LogP contribution in [0.15, 0.2) is 24.3 Å². The molecule has 3 rings (SSSR count). The van der Waals surface area contributed by atoms with E-state index in [1.807, 2.05) is 12.1 Å². The molecule has 4 heteroatoms. The normalized spacial score (nSPS) is 28.7. The minimum absolute atomic E-state index is 0.537. The molecule has 1 aliphatic heterocycles. The summed E-state index contributed by atoms with van der Waals surface area (Å²) in [5.74, 6) is 1.65. The van der Waals surface area contributed by atoms with Gasteiger partial charge in [-0.2, -0.15) is 0 Å². The van der Waals surface area contributed by atoms with E-state index < -0.39 is 0 Å². The van der Waals surface area contributed by atoms with Crippen molar-refractivity contribution in [2.75, 3.05) is 33.4 Å². The molecule has 1 aliphatic carbocycles. The molecule has 4 nitrogen and oxygen atoms in total. The Morgan fingerprint density at radius 2 is 2.14 bits per heavy atom. The predicted octanol–water partition coefficient (Wildman–Crippen LogP) is 1.98. The number of hydrogen-bond donors (Lipinski definition) is 2. The maximum absolute atomic E-state index is 5.64. The van der Waals surface area contributed by atoms with E-state index in [0.717, 1.165) is 44.4 Å². The number of methoxy groups -OCH3 is 1. The maximum atomic E-state index is 5.64. The lowest BCUT2D eigenvalue weighted by Gasteiger charge is -2.33. The van der Waals surface area contributed by atoms with Crippen LogP contribution in [-0.2, 0) is 11.2 Å². The van der Waals surface area contributed by atoms with Crippen LogP contribution in [0, 0.1) is 5.92 Å². The highest BCUT2D eigenvalue weighted by molar-refractivity contribution is 5.27. The summed E-state index contributed by atoms with van der Waals surface area (Å²) in [5.41, 5.74) is 1.36. The Balaban J connectivity index is 1.45. The van der Waals surface area contributed by atoms with Crippen molar-refractivity contribution >= 4 is 0 Å². The number of ether oxygens (including phenoxy) is 2. The van der Waals surface area contributed by atoms with Crippen molar-refractivity contribution in [2.45, 2.75) is 37.8 Å². The lowest BCUT2D eigenvalue weighted by Crippen LogP contribution is -2.51. The van der Waals surface area contributed by atoms with Gasteiger partial charge in [0, 0.05) is 18.6 Å². The van der Waals surface area contributed by atoms with Crippen molar-refractivity contribution in [3.05, 3.63) is 29.8 Å². The van der Waals surface area contributed by atoms with Crippen LogP contribution in [0.25, 0.3) is 0 Å². The quantitative estimate of drug-likeness (QED) is 0.843. The van der Waals surface area contributed by atoms with Crippen molar-refractivity contribution < 1.29 is 9.47 Å². The molecule has 2 aliphatic rings. The van der Waals surface area contributed by atoms with E-state index in [4.69, 9.17) is 9.47 Å². The molecule has 22 heavy (non-hydrogen) atoms. The van der Waals surface area contributed by atoms with Crippen molar-refractivity contribution in [3.63, 3.8) is 0 Å². The fraction of sp³-hybridized carbons (Fsp3) is 0.667. The van der Waals surface area contributed by atoms with Crippen LogP contribution in [0.5, 0.6) is 5.75 Å². The zero-order valence-electron chi connectivity index (χ0n) is 13.5. The molecule has 0 radical (unpaired) electrons. The molecular weight excluding hydrogens is 276 g/mol. The summed E-state index contributed by atoms with van der Waals surface area (Å²) in [4.78, 5) is 0. The summed E-state index contributed by atoms with van der Waals surface area (Å²) in [6.07, 6.45) is 5.03. The Morgan fingerprint density at radius 3 is 2.86 bits per heavy atom. The van der Waals surface area contributed by atoms with Gasteiger partial charge in [0.15, 0.2) is 0 Å². The smallest absolute Gasteiger partial charge is 0.118 e. The molecule has 3 atom stereocenters. The van der Waals surface area contributed by atoms with Gasteiger partial charge in [0.2, 0.25) is 0 Å². The molecule has 1 heterocycles. The molecule has 1 saturated carbocycles. The minimum atomic E-state index is 0.537. The van der Waals surface area contributed by atoms with Crippen LogP contribution in [0.3, 0.4) is 0 Å². The topological polar surface area (TPSA) is 42.5 Å². The van der Waals surface area contributed by atoms with Crippen LogP contribution in [0.1, 0.15) is 24.8 Å². The van der Waals surface area contributed by atoms with Gasteiger partial charge < -0.3 is 20.1 Å². The second kappa shape index (κ2) is 7.95. The molecule has 0 spiro atoms. The van der Waals surface area contributed by atoms with Crippen LogP contribution < -0.4 is 15.4 Å². The van der Waals surface area contributed by atoms with Crippen LogP contribution >= 0.6 is 0 Å². The molecule has 0 bridgehead atoms. The number of morpholine rings is 1. The first-order valence-corrected chi connectivity index (χ1v) is 8.54. The molecule has 1 saturated heterocycles. The van der Waals surface area contributed by atoms with Crippen LogP contribution in [0.2, 0.25) is 0 Å². The summed E-state index contributed by atoms with van der Waals surface area (Å²) < 4.78 is 10.8. The Hall–Kier alpha value is -1.10. The largest absolute Gasteiger partial charge is 0.497 e. The van der Waals surface area contributed by atoms with E-state index >= 15 is 0 Å². The minimum Gasteiger partial charge on any atom is -0.497 e. The summed E-state index contributed by atoms with van der Waals surface area (Å²) >= 11 is 0. The SMILES string of the molecule is COc1ccc(CCNC2CCCC2C2COCCN2)cc1. The summed E-state index contributed by atoms with van der Waals surface area (Å²) in [5, 5.41) is 7.41. The van der Waals surface area contributed by atoms with E-state index in [1.54, 1.807) is 7.11 Å². The monoisotopic (exact) mass is 304 g/mol. The van der Waals surface area contributed by atoms with Gasteiger partial charge >= 0.3 is 0 Å². The molecule has 122 valence electrons. The fourth-order valence-corrected chi connectivity index (χ4v) is 3.78. The fourth-order valence-electron chi connectivity index (χ4n) is 3.78. The highest BCUT2D eigenvalue weighted by Crippen LogP contribution is 2.29. The molecule has 2 N–H and O–H groups in total. The Morgan fingerprint density at radius 1 is 1.27 bits per heavy atom. The van der Waals surface area contributed by atoms with Gasteiger partial charge in [-0.3, -0.25) is 0 Å². The Labute approximate surface area is 133 Å². The van der Waals surface area contributed by atoms with Gasteiger partial charge in [-0.15, -0.1) is 0 Å². The zero-order valence-corrected chi connectivity index (χ0v) is 13.5. The molecule has 0 amide bonds. The molecule has 1 aromatic rings. The van der Waals surface area contributed by atoms with Gasteiger partial charge in [0.25, 0.3) is 0 Å². The number of hydrogen-bond acceptors (Lipinski definition) is 4. The van der Waals surface area contributed by atoms with Gasteiger partial charge in [-0.1, -0.05) is 18.6 Å². The molecule has 3 unspecified atom stereocenters. The molecule has 2 fully saturated rings. The highest BCUT2D eigenvalue weighted by Gasteiger charge is 2.34. The first-order valence-electron chi connectivity index (χ1n) is 8.54. The second-order valence-corrected chi connectivity index (χ2v) is 6.39. The van der Waals surface area contributed by atoms with Crippen LogP contribution in [0.4, 0.5) is 0 Å². The predicted molar refractivity (Wildman–Crippen MR) is 88.4 cm³/mol. The third kappa shape index (κ3) is 4.00. The highest BCUT2D eigenvalue weighted by atomic mass is 16.5. The average Bonchev–Trinajstić information content (AvgIpc) is 3.05.